The summed E-state index contributed by atoms with van der Waals surface area (Å²) in [5, 5.41) is 12.5. The standard InChI is InChI=1S/C25H18N2O5S/c1-30-16-8-9-17-14(10-16)6-7-15-11-21(33-24(15)17)25(29)31-13-22(28)27-23-18-4-2-3-5-19(18)32-20(23)12-26/h2-5,8-11H,6-7,13H2,1H3,(H,27,28). The van der Waals surface area contributed by atoms with Gasteiger partial charge < -0.3 is 19.2 Å². The van der Waals surface area contributed by atoms with Gasteiger partial charge in [-0.3, -0.25) is 4.79 Å². The number of furan rings is 1. The maximum atomic E-state index is 12.6. The van der Waals surface area contributed by atoms with Crippen molar-refractivity contribution in [2.75, 3.05) is 19.0 Å². The summed E-state index contributed by atoms with van der Waals surface area (Å²) in [5.41, 5.74) is 4.13. The van der Waals surface area contributed by atoms with Crippen LogP contribution in [0.5, 0.6) is 5.75 Å². The lowest BCUT2D eigenvalue weighted by molar-refractivity contribution is -0.119. The highest BCUT2D eigenvalue weighted by atomic mass is 32.1. The number of anilines is 1. The van der Waals surface area contributed by atoms with Gasteiger partial charge in [-0.1, -0.05) is 12.1 Å². The Labute approximate surface area is 193 Å². The van der Waals surface area contributed by atoms with Crippen LogP contribution in [0.2, 0.25) is 0 Å². The molecule has 0 unspecified atom stereocenters. The third-order valence-corrected chi connectivity index (χ3v) is 6.72. The molecule has 164 valence electrons. The summed E-state index contributed by atoms with van der Waals surface area (Å²) in [4.78, 5) is 26.6. The summed E-state index contributed by atoms with van der Waals surface area (Å²) >= 11 is 1.36. The Morgan fingerprint density at radius 1 is 1.15 bits per heavy atom. The number of hydrogen-bond donors (Lipinski definition) is 1. The quantitative estimate of drug-likeness (QED) is 0.425. The number of esters is 1. The first kappa shape index (κ1) is 20.8. The molecule has 0 atom stereocenters. The number of methoxy groups -OCH3 is 1. The zero-order valence-electron chi connectivity index (χ0n) is 17.6. The Morgan fingerprint density at radius 3 is 2.79 bits per heavy atom. The SMILES string of the molecule is COc1ccc2c(c1)CCc1cc(C(=O)OCC(=O)Nc3c(C#N)oc4ccccc34)sc1-2. The molecular formula is C25H18N2O5S. The number of nitrogens with zero attached hydrogens (tertiary/aromatic N) is 1. The predicted octanol–water partition coefficient (Wildman–Crippen LogP) is 4.94. The van der Waals surface area contributed by atoms with Crippen LogP contribution in [0.3, 0.4) is 0 Å². The van der Waals surface area contributed by atoms with E-state index in [-0.39, 0.29) is 11.4 Å². The molecule has 1 aliphatic carbocycles. The number of hydrogen-bond acceptors (Lipinski definition) is 7. The van der Waals surface area contributed by atoms with E-state index < -0.39 is 18.5 Å². The first-order valence-electron chi connectivity index (χ1n) is 10.3. The highest BCUT2D eigenvalue weighted by Crippen LogP contribution is 2.41. The van der Waals surface area contributed by atoms with Crippen molar-refractivity contribution in [1.82, 2.24) is 0 Å². The van der Waals surface area contributed by atoms with Crippen molar-refractivity contribution in [2.24, 2.45) is 0 Å². The Kier molecular flexibility index (Phi) is 5.32. The first-order valence-corrected chi connectivity index (χ1v) is 11.1. The zero-order valence-corrected chi connectivity index (χ0v) is 18.5. The monoisotopic (exact) mass is 458 g/mol. The average Bonchev–Trinajstić information content (AvgIpc) is 3.44. The van der Waals surface area contributed by atoms with Gasteiger partial charge >= 0.3 is 5.97 Å². The predicted molar refractivity (Wildman–Crippen MR) is 124 cm³/mol. The second kappa shape index (κ2) is 8.45. The van der Waals surface area contributed by atoms with Gasteiger partial charge in [0.1, 0.15) is 28.0 Å². The fourth-order valence-corrected chi connectivity index (χ4v) is 5.13. The van der Waals surface area contributed by atoms with Crippen LogP contribution in [-0.4, -0.2) is 25.6 Å². The fraction of sp³-hybridized carbons (Fsp3) is 0.160. The highest BCUT2D eigenvalue weighted by molar-refractivity contribution is 7.17. The van der Waals surface area contributed by atoms with E-state index in [9.17, 15) is 14.9 Å². The van der Waals surface area contributed by atoms with Crippen molar-refractivity contribution < 1.29 is 23.5 Å². The smallest absolute Gasteiger partial charge is 0.348 e. The number of aryl methyl sites for hydroxylation is 2. The molecule has 0 aliphatic heterocycles. The second-order valence-electron chi connectivity index (χ2n) is 7.53. The van der Waals surface area contributed by atoms with E-state index in [1.54, 1.807) is 31.4 Å². The lowest BCUT2D eigenvalue weighted by Crippen LogP contribution is -2.20. The topological polar surface area (TPSA) is 102 Å². The van der Waals surface area contributed by atoms with Crippen LogP contribution < -0.4 is 10.1 Å². The minimum Gasteiger partial charge on any atom is -0.497 e. The molecule has 0 saturated carbocycles. The van der Waals surface area contributed by atoms with Gasteiger partial charge in [-0.15, -0.1) is 11.3 Å². The molecule has 2 aromatic heterocycles. The largest absolute Gasteiger partial charge is 0.497 e. The van der Waals surface area contributed by atoms with E-state index >= 15 is 0 Å². The second-order valence-corrected chi connectivity index (χ2v) is 8.58. The van der Waals surface area contributed by atoms with Crippen LogP contribution in [0.15, 0.2) is 52.9 Å². The molecule has 2 aromatic carbocycles. The molecule has 4 aromatic rings. The first-order chi connectivity index (χ1) is 16.1. The number of rotatable bonds is 5. The molecule has 1 amide bonds. The van der Waals surface area contributed by atoms with Crippen LogP contribution in [0.1, 0.15) is 26.6 Å². The van der Waals surface area contributed by atoms with Gasteiger partial charge in [0.05, 0.1) is 7.11 Å². The Balaban J connectivity index is 1.28. The molecule has 0 saturated heterocycles. The molecule has 8 heteroatoms. The zero-order chi connectivity index (χ0) is 22.9. The van der Waals surface area contributed by atoms with E-state index in [1.165, 1.54) is 16.9 Å². The van der Waals surface area contributed by atoms with Gasteiger partial charge in [0.25, 0.3) is 5.91 Å². The van der Waals surface area contributed by atoms with Crippen molar-refractivity contribution in [3.05, 3.63) is 70.3 Å². The number of carbonyl (C=O) groups excluding carboxylic acids is 2. The Morgan fingerprint density at radius 2 is 1.97 bits per heavy atom. The van der Waals surface area contributed by atoms with Crippen molar-refractivity contribution >= 4 is 39.9 Å². The lowest BCUT2D eigenvalue weighted by Gasteiger charge is -2.16. The maximum Gasteiger partial charge on any atom is 0.348 e. The molecule has 5 rings (SSSR count). The minimum atomic E-state index is -0.558. The normalized spacial score (nSPS) is 11.9. The van der Waals surface area contributed by atoms with E-state index in [0.29, 0.717) is 15.8 Å². The molecule has 7 nitrogen and oxygen atoms in total. The lowest BCUT2D eigenvalue weighted by atomic mass is 9.91. The van der Waals surface area contributed by atoms with Crippen LogP contribution in [-0.2, 0) is 22.4 Å². The van der Waals surface area contributed by atoms with Gasteiger partial charge in [0.15, 0.2) is 6.61 Å². The summed E-state index contributed by atoms with van der Waals surface area (Å²) in [6.07, 6.45) is 1.69. The van der Waals surface area contributed by atoms with Crippen LogP contribution in [0.25, 0.3) is 21.4 Å². The van der Waals surface area contributed by atoms with Crippen LogP contribution in [0.4, 0.5) is 5.69 Å². The number of amides is 1. The molecular weight excluding hydrogens is 440 g/mol. The fourth-order valence-electron chi connectivity index (χ4n) is 3.96. The van der Waals surface area contributed by atoms with Crippen molar-refractivity contribution in [1.29, 1.82) is 5.26 Å². The summed E-state index contributed by atoms with van der Waals surface area (Å²) in [5.74, 6) is -0.302. The van der Waals surface area contributed by atoms with Crippen molar-refractivity contribution in [2.45, 2.75) is 12.8 Å². The summed E-state index contributed by atoms with van der Waals surface area (Å²) in [6.45, 7) is -0.473. The number of para-hydroxylation sites is 1. The van der Waals surface area contributed by atoms with Crippen molar-refractivity contribution in [3.8, 4) is 22.3 Å². The third-order valence-electron chi connectivity index (χ3n) is 5.53. The molecule has 2 heterocycles. The van der Waals surface area contributed by atoms with E-state index in [4.69, 9.17) is 13.9 Å². The summed E-state index contributed by atoms with van der Waals surface area (Å²) < 4.78 is 16.0. The number of nitriles is 1. The molecule has 0 bridgehead atoms. The molecule has 33 heavy (non-hydrogen) atoms. The minimum absolute atomic E-state index is 0.00268. The van der Waals surface area contributed by atoms with E-state index in [0.717, 1.165) is 34.6 Å². The molecule has 1 aliphatic rings. The summed E-state index contributed by atoms with van der Waals surface area (Å²) in [7, 11) is 1.64. The third kappa shape index (κ3) is 3.83. The van der Waals surface area contributed by atoms with Gasteiger partial charge in [-0.2, -0.15) is 5.26 Å². The Hall–Kier alpha value is -4.09. The maximum absolute atomic E-state index is 12.6. The van der Waals surface area contributed by atoms with Gasteiger partial charge in [0.2, 0.25) is 5.76 Å². The van der Waals surface area contributed by atoms with Gasteiger partial charge in [-0.25, -0.2) is 4.79 Å². The van der Waals surface area contributed by atoms with E-state index in [2.05, 4.69) is 5.32 Å². The highest BCUT2D eigenvalue weighted by Gasteiger charge is 2.23. The number of carbonyl (C=O) groups is 2. The number of fused-ring (bicyclic) bond motifs is 4. The average molecular weight is 458 g/mol. The molecule has 0 spiro atoms. The number of ether oxygens (including phenoxy) is 2. The molecule has 1 N–H and O–H groups in total. The van der Waals surface area contributed by atoms with E-state index in [1.807, 2.05) is 30.3 Å². The number of thiophene rings is 1. The number of nitrogens with one attached hydrogen (secondary N) is 1. The molecule has 0 radical (unpaired) electrons. The van der Waals surface area contributed by atoms with Crippen LogP contribution in [0, 0.1) is 11.3 Å². The van der Waals surface area contributed by atoms with Gasteiger partial charge in [-0.05, 0) is 65.9 Å². The molecule has 0 fully saturated rings. The number of benzene rings is 2. The summed E-state index contributed by atoms with van der Waals surface area (Å²) in [6, 6.07) is 16.7. The van der Waals surface area contributed by atoms with Crippen LogP contribution >= 0.6 is 11.3 Å². The Bertz CT molecular complexity index is 1440. The van der Waals surface area contributed by atoms with Gasteiger partial charge in [0, 0.05) is 10.3 Å². The van der Waals surface area contributed by atoms with Crippen molar-refractivity contribution in [3.63, 3.8) is 0 Å².